The van der Waals surface area contributed by atoms with Gasteiger partial charge in [0, 0.05) is 54.3 Å². The van der Waals surface area contributed by atoms with E-state index in [4.69, 9.17) is 0 Å². The molecule has 0 saturated carbocycles. The zero-order valence-electron chi connectivity index (χ0n) is 44.9. The molecule has 0 amide bonds. The van der Waals surface area contributed by atoms with E-state index >= 15 is 0 Å². The number of thiophene rings is 1. The summed E-state index contributed by atoms with van der Waals surface area (Å²) in [5.41, 5.74) is 26.7. The van der Waals surface area contributed by atoms with E-state index in [1.807, 2.05) is 11.3 Å². The van der Waals surface area contributed by atoms with Gasteiger partial charge >= 0.3 is 0 Å². The van der Waals surface area contributed by atoms with Crippen LogP contribution < -0.4 is 26.2 Å². The fourth-order valence-electron chi connectivity index (χ4n) is 14.9. The number of benzene rings is 7. The van der Waals surface area contributed by atoms with Crippen LogP contribution in [0.25, 0.3) is 31.3 Å². The molecule has 13 rings (SSSR count). The summed E-state index contributed by atoms with van der Waals surface area (Å²) in [7, 11) is 0. The molecule has 0 atom stereocenters. The molecule has 7 aromatic carbocycles. The monoisotopic (exact) mass is 947 g/mol. The van der Waals surface area contributed by atoms with Crippen LogP contribution in [0.4, 0.5) is 34.1 Å². The summed E-state index contributed by atoms with van der Waals surface area (Å²) in [5, 5.41) is 2.69. The van der Waals surface area contributed by atoms with Gasteiger partial charge in [-0.15, -0.1) is 11.3 Å². The first kappa shape index (κ1) is 45.3. The Morgan fingerprint density at radius 3 is 1.37 bits per heavy atom. The first-order chi connectivity index (χ1) is 33.5. The molecule has 5 aliphatic rings. The Morgan fingerprint density at radius 1 is 0.380 bits per heavy atom. The van der Waals surface area contributed by atoms with Crippen LogP contribution >= 0.6 is 11.3 Å². The Balaban J connectivity index is 1.20. The molecule has 3 heterocycles. The molecule has 0 radical (unpaired) electrons. The highest BCUT2D eigenvalue weighted by atomic mass is 32.1. The van der Waals surface area contributed by atoms with Crippen LogP contribution in [0.1, 0.15) is 160 Å². The SMILES string of the molecule is Cc1cc2c(cc1N1c3cc4c(cc3B3c5cc6sc7ccccc7c6cc5N(c5cc6c(cc5C)C(C)(C)CCC6(C)C)c5cc(-c6ccccc6)cc1c53)C(C)(C)CC4(C)C)C(C)(C)CCC2(C)C. The first-order valence-corrected chi connectivity index (χ1v) is 27.6. The van der Waals surface area contributed by atoms with Gasteiger partial charge in [-0.1, -0.05) is 150 Å². The number of hydrogen-bond acceptors (Lipinski definition) is 3. The molecule has 0 N–H and O–H groups in total. The number of hydrogen-bond donors (Lipinski definition) is 0. The van der Waals surface area contributed by atoms with E-state index in [-0.39, 0.29) is 39.2 Å². The quantitative estimate of drug-likeness (QED) is 0.163. The van der Waals surface area contributed by atoms with Crippen molar-refractivity contribution in [3.8, 4) is 11.1 Å². The Bertz CT molecular complexity index is 3620. The maximum absolute atomic E-state index is 2.76. The number of aryl methyl sites for hydroxylation is 2. The Labute approximate surface area is 428 Å². The van der Waals surface area contributed by atoms with Crippen molar-refractivity contribution in [1.29, 1.82) is 0 Å². The second kappa shape index (κ2) is 14.6. The summed E-state index contributed by atoms with van der Waals surface area (Å²) in [4.78, 5) is 5.50. The molecule has 0 bridgehead atoms. The standard InChI is InChI=1S/C67H71BN2S/c1-39-28-45-48(64(7,8)26-24-62(45,3)4)34-53(39)69-55-32-44-43-22-18-19-23-59(43)71-60(44)37-52(55)68-51-33-47-50(67(13,14)38-66(47,11)12)36-56(51)70(58-31-42(30-57(69)61(58)68)41-20-16-15-17-21-41)54-35-49-46(29-40(54)2)63(5,6)25-27-65(49,9)10/h15-23,28-37H,24-27,38H2,1-14H3. The van der Waals surface area contributed by atoms with Crippen molar-refractivity contribution in [1.82, 2.24) is 0 Å². The third kappa shape index (κ3) is 6.44. The minimum atomic E-state index is 0.0170. The molecule has 1 aromatic heterocycles. The van der Waals surface area contributed by atoms with Crippen molar-refractivity contribution in [3.63, 3.8) is 0 Å². The van der Waals surface area contributed by atoms with E-state index in [0.29, 0.717) is 0 Å². The topological polar surface area (TPSA) is 6.48 Å². The smallest absolute Gasteiger partial charge is 0.252 e. The lowest BCUT2D eigenvalue weighted by molar-refractivity contribution is 0.332. The van der Waals surface area contributed by atoms with Crippen LogP contribution in [-0.4, -0.2) is 6.71 Å². The molecule has 2 nitrogen and oxygen atoms in total. The third-order valence-electron chi connectivity index (χ3n) is 19.0. The number of nitrogens with zero attached hydrogens (tertiary/aromatic N) is 2. The van der Waals surface area contributed by atoms with Crippen LogP contribution in [0.2, 0.25) is 0 Å². The van der Waals surface area contributed by atoms with E-state index < -0.39 is 0 Å². The van der Waals surface area contributed by atoms with Crippen LogP contribution in [0.15, 0.2) is 115 Å². The highest BCUT2D eigenvalue weighted by Crippen LogP contribution is 2.56. The highest BCUT2D eigenvalue weighted by Gasteiger charge is 2.50. The second-order valence-electron chi connectivity index (χ2n) is 26.7. The predicted molar refractivity (Wildman–Crippen MR) is 310 cm³/mol. The predicted octanol–water partition coefficient (Wildman–Crippen LogP) is 17.1. The minimum Gasteiger partial charge on any atom is -0.311 e. The lowest BCUT2D eigenvalue weighted by Crippen LogP contribution is -2.61. The summed E-state index contributed by atoms with van der Waals surface area (Å²) >= 11 is 1.95. The molecule has 0 unspecified atom stereocenters. The summed E-state index contributed by atoms with van der Waals surface area (Å²) in [6.07, 6.45) is 5.86. The molecule has 2 aliphatic heterocycles. The lowest BCUT2D eigenvalue weighted by atomic mass is 9.33. The highest BCUT2D eigenvalue weighted by molar-refractivity contribution is 7.26. The van der Waals surface area contributed by atoms with Gasteiger partial charge in [-0.2, -0.15) is 0 Å². The largest absolute Gasteiger partial charge is 0.311 e. The molecule has 4 heteroatoms. The molecule has 0 fully saturated rings. The zero-order chi connectivity index (χ0) is 49.7. The average molecular weight is 947 g/mol. The van der Waals surface area contributed by atoms with Crippen LogP contribution in [0.5, 0.6) is 0 Å². The average Bonchev–Trinajstić information content (AvgIpc) is 3.77. The lowest BCUT2D eigenvalue weighted by Gasteiger charge is -2.47. The van der Waals surface area contributed by atoms with E-state index in [1.54, 1.807) is 0 Å². The first-order valence-electron chi connectivity index (χ1n) is 26.7. The fraction of sp³-hybridized carbons (Fsp3) is 0.373. The van der Waals surface area contributed by atoms with Gasteiger partial charge in [-0.25, -0.2) is 0 Å². The van der Waals surface area contributed by atoms with E-state index in [1.165, 1.54) is 152 Å². The molecular weight excluding hydrogens is 876 g/mol. The number of fused-ring (bicyclic) bond motifs is 10. The van der Waals surface area contributed by atoms with E-state index in [9.17, 15) is 0 Å². The van der Waals surface area contributed by atoms with Crippen molar-refractivity contribution in [2.75, 3.05) is 9.80 Å². The molecule has 0 saturated heterocycles. The molecule has 358 valence electrons. The van der Waals surface area contributed by atoms with Crippen molar-refractivity contribution in [3.05, 3.63) is 160 Å². The van der Waals surface area contributed by atoms with Crippen LogP contribution in [-0.2, 0) is 32.5 Å². The van der Waals surface area contributed by atoms with Gasteiger partial charge < -0.3 is 9.80 Å². The van der Waals surface area contributed by atoms with Gasteiger partial charge in [0.05, 0.1) is 0 Å². The Kier molecular flexibility index (Phi) is 9.29. The van der Waals surface area contributed by atoms with Gasteiger partial charge in [0.15, 0.2) is 0 Å². The minimum absolute atomic E-state index is 0.0170. The number of rotatable bonds is 3. The Hall–Kier alpha value is -5.58. The maximum atomic E-state index is 2.76. The van der Waals surface area contributed by atoms with Gasteiger partial charge in [0.1, 0.15) is 0 Å². The molecule has 71 heavy (non-hydrogen) atoms. The van der Waals surface area contributed by atoms with Crippen molar-refractivity contribution in [2.45, 2.75) is 162 Å². The summed E-state index contributed by atoms with van der Waals surface area (Å²) in [6.45, 7) is 34.6. The van der Waals surface area contributed by atoms with Gasteiger partial charge in [0.2, 0.25) is 0 Å². The number of anilines is 6. The van der Waals surface area contributed by atoms with Crippen molar-refractivity contribution < 1.29 is 0 Å². The molecule has 0 spiro atoms. The van der Waals surface area contributed by atoms with Crippen LogP contribution in [0.3, 0.4) is 0 Å². The third-order valence-corrected chi connectivity index (χ3v) is 20.1. The second-order valence-corrected chi connectivity index (χ2v) is 27.8. The zero-order valence-corrected chi connectivity index (χ0v) is 45.7. The molecule has 8 aromatic rings. The molecule has 3 aliphatic carbocycles. The van der Waals surface area contributed by atoms with Crippen molar-refractivity contribution >= 4 is 88.7 Å². The molecular formula is C67H71BN2S. The van der Waals surface area contributed by atoms with E-state index in [0.717, 1.165) is 6.42 Å². The fourth-order valence-corrected chi connectivity index (χ4v) is 16.0. The van der Waals surface area contributed by atoms with E-state index in [2.05, 4.69) is 222 Å². The van der Waals surface area contributed by atoms with Gasteiger partial charge in [-0.05, 0) is 199 Å². The van der Waals surface area contributed by atoms with Gasteiger partial charge in [-0.3, -0.25) is 0 Å². The van der Waals surface area contributed by atoms with Crippen molar-refractivity contribution in [2.24, 2.45) is 0 Å². The van der Waals surface area contributed by atoms with Gasteiger partial charge in [0.25, 0.3) is 6.71 Å². The summed E-state index contributed by atoms with van der Waals surface area (Å²) in [5.74, 6) is 0. The maximum Gasteiger partial charge on any atom is 0.252 e. The normalized spacial score (nSPS) is 20.0. The summed E-state index contributed by atoms with van der Waals surface area (Å²) < 4.78 is 2.71. The Morgan fingerprint density at radius 2 is 0.817 bits per heavy atom. The van der Waals surface area contributed by atoms with Crippen LogP contribution in [0, 0.1) is 13.8 Å². The summed E-state index contributed by atoms with van der Waals surface area (Å²) in [6, 6.07) is 46.5.